The molecule has 1 aromatic heterocycles. The fourth-order valence-electron chi connectivity index (χ4n) is 4.00. The Kier molecular flexibility index (Phi) is 7.49. The zero-order chi connectivity index (χ0) is 24.1. The highest BCUT2D eigenvalue weighted by molar-refractivity contribution is 6.30. The van der Waals surface area contributed by atoms with Crippen molar-refractivity contribution in [1.82, 2.24) is 15.6 Å². The lowest BCUT2D eigenvalue weighted by Crippen LogP contribution is -2.36. The molecule has 2 heterocycles. The van der Waals surface area contributed by atoms with Crippen molar-refractivity contribution >= 4 is 34.7 Å². The molecule has 9 heteroatoms. The first-order valence-corrected chi connectivity index (χ1v) is 11.5. The maximum Gasteiger partial charge on any atom is 0.255 e. The average Bonchev–Trinajstić information content (AvgIpc) is 2.85. The second-order valence-electron chi connectivity index (χ2n) is 8.32. The van der Waals surface area contributed by atoms with E-state index in [4.69, 9.17) is 17.3 Å². The van der Waals surface area contributed by atoms with Crippen LogP contribution >= 0.6 is 11.6 Å². The van der Waals surface area contributed by atoms with Crippen LogP contribution in [0.5, 0.6) is 5.75 Å². The molecule has 0 aliphatic carbocycles. The molecule has 1 aliphatic heterocycles. The van der Waals surface area contributed by atoms with E-state index in [1.165, 1.54) is 6.07 Å². The molecule has 3 aromatic rings. The minimum absolute atomic E-state index is 0.00220. The highest BCUT2D eigenvalue weighted by Gasteiger charge is 2.17. The molecule has 1 fully saturated rings. The number of anilines is 3. The largest absolute Gasteiger partial charge is 0.507 e. The number of nitrogens with two attached hydrogens (primary N) is 1. The van der Waals surface area contributed by atoms with E-state index in [1.807, 2.05) is 0 Å². The smallest absolute Gasteiger partial charge is 0.255 e. The first-order chi connectivity index (χ1) is 16.4. The maximum atomic E-state index is 13.4. The molecule has 0 unspecified atom stereocenters. The van der Waals surface area contributed by atoms with Crippen LogP contribution in [0.3, 0.4) is 0 Å². The van der Waals surface area contributed by atoms with Crippen LogP contribution in [0.4, 0.5) is 21.6 Å². The fourth-order valence-corrected chi connectivity index (χ4v) is 4.20. The van der Waals surface area contributed by atoms with Gasteiger partial charge < -0.3 is 26.8 Å². The third-order valence-electron chi connectivity index (χ3n) is 5.94. The molecule has 34 heavy (non-hydrogen) atoms. The number of phenolic OH excluding ortho intramolecular Hbond substituents is 1. The molecule has 178 valence electrons. The van der Waals surface area contributed by atoms with Crippen molar-refractivity contribution < 1.29 is 14.3 Å². The number of halogens is 2. The Morgan fingerprint density at radius 2 is 1.97 bits per heavy atom. The molecule has 0 bridgehead atoms. The summed E-state index contributed by atoms with van der Waals surface area (Å²) in [6.07, 6.45) is 2.05. The second-order valence-corrected chi connectivity index (χ2v) is 8.76. The number of benzene rings is 2. The van der Waals surface area contributed by atoms with E-state index in [-0.39, 0.29) is 17.5 Å². The molecule has 1 amide bonds. The number of amides is 1. The van der Waals surface area contributed by atoms with Gasteiger partial charge in [-0.3, -0.25) is 4.79 Å². The molecule has 0 radical (unpaired) electrons. The summed E-state index contributed by atoms with van der Waals surface area (Å²) in [7, 11) is 0. The van der Waals surface area contributed by atoms with E-state index in [1.54, 1.807) is 42.5 Å². The molecule has 0 saturated carbocycles. The minimum Gasteiger partial charge on any atom is -0.507 e. The zero-order valence-corrected chi connectivity index (χ0v) is 19.3. The lowest BCUT2D eigenvalue weighted by molar-refractivity contribution is 0.0945. The van der Waals surface area contributed by atoms with Crippen molar-refractivity contribution in [3.8, 4) is 17.0 Å². The van der Waals surface area contributed by atoms with Crippen LogP contribution < -0.4 is 21.7 Å². The first-order valence-electron chi connectivity index (χ1n) is 11.1. The van der Waals surface area contributed by atoms with Gasteiger partial charge in [0.25, 0.3) is 5.91 Å². The van der Waals surface area contributed by atoms with Crippen LogP contribution in [-0.4, -0.2) is 35.6 Å². The molecule has 0 atom stereocenters. The number of pyridine rings is 1. The number of piperidine rings is 1. The van der Waals surface area contributed by atoms with Crippen LogP contribution in [0, 0.1) is 5.92 Å². The predicted molar refractivity (Wildman–Crippen MR) is 133 cm³/mol. The first kappa shape index (κ1) is 23.8. The van der Waals surface area contributed by atoms with Gasteiger partial charge in [-0.1, -0.05) is 11.6 Å². The topological polar surface area (TPSA) is 112 Å². The van der Waals surface area contributed by atoms with Gasteiger partial charge in [0.2, 0.25) is 0 Å². The Hall–Kier alpha value is -3.36. The van der Waals surface area contributed by atoms with Crippen LogP contribution in [0.2, 0.25) is 5.02 Å². The number of aromatic hydroxyl groups is 1. The number of hydrogen-bond donors (Lipinski definition) is 5. The summed E-state index contributed by atoms with van der Waals surface area (Å²) in [4.78, 5) is 17.0. The van der Waals surface area contributed by atoms with Crippen molar-refractivity contribution in [3.05, 3.63) is 64.7 Å². The Labute approximate surface area is 202 Å². The number of phenols is 1. The number of carbonyl (C=O) groups excluding carboxylic acids is 1. The van der Waals surface area contributed by atoms with E-state index in [9.17, 15) is 14.3 Å². The molecule has 4 rings (SSSR count). The summed E-state index contributed by atoms with van der Waals surface area (Å²) in [5.74, 6) is 0.262. The summed E-state index contributed by atoms with van der Waals surface area (Å²) in [5.41, 5.74) is 8.83. The minimum atomic E-state index is -0.674. The molecular formula is C25H27ClFN5O2. The van der Waals surface area contributed by atoms with Crippen molar-refractivity contribution in [1.29, 1.82) is 0 Å². The van der Waals surface area contributed by atoms with Gasteiger partial charge in [-0.15, -0.1) is 0 Å². The number of nitrogen functional groups attached to an aromatic ring is 1. The molecule has 7 nitrogen and oxygen atoms in total. The lowest BCUT2D eigenvalue weighted by Gasteiger charge is -2.22. The Bertz CT molecular complexity index is 1180. The quantitative estimate of drug-likeness (QED) is 0.313. The van der Waals surface area contributed by atoms with Gasteiger partial charge in [0.15, 0.2) is 0 Å². The molecular weight excluding hydrogens is 457 g/mol. The van der Waals surface area contributed by atoms with Gasteiger partial charge in [-0.25, -0.2) is 9.37 Å². The average molecular weight is 484 g/mol. The summed E-state index contributed by atoms with van der Waals surface area (Å²) >= 11 is 5.96. The van der Waals surface area contributed by atoms with Gasteiger partial charge in [0.1, 0.15) is 18.2 Å². The number of alkyl halides is 1. The van der Waals surface area contributed by atoms with Crippen LogP contribution in [0.15, 0.2) is 48.5 Å². The zero-order valence-electron chi connectivity index (χ0n) is 18.6. The number of nitrogens with zero attached hydrogens (tertiary/aromatic N) is 1. The third kappa shape index (κ3) is 5.58. The van der Waals surface area contributed by atoms with Gasteiger partial charge in [-0.2, -0.15) is 0 Å². The van der Waals surface area contributed by atoms with Crippen molar-refractivity contribution in [2.75, 3.05) is 30.7 Å². The Morgan fingerprint density at radius 3 is 2.71 bits per heavy atom. The number of nitrogens with one attached hydrogen (secondary N) is 3. The van der Waals surface area contributed by atoms with E-state index < -0.39 is 6.67 Å². The van der Waals surface area contributed by atoms with E-state index in [0.29, 0.717) is 51.2 Å². The second kappa shape index (κ2) is 10.7. The van der Waals surface area contributed by atoms with Gasteiger partial charge in [-0.05, 0) is 80.4 Å². The number of rotatable bonds is 7. The molecule has 1 aliphatic rings. The van der Waals surface area contributed by atoms with Crippen LogP contribution in [-0.2, 0) is 6.67 Å². The van der Waals surface area contributed by atoms with Gasteiger partial charge in [0.05, 0.1) is 11.3 Å². The molecule has 6 N–H and O–H groups in total. The fraction of sp³-hybridized carbons (Fsp3) is 0.280. The van der Waals surface area contributed by atoms with E-state index in [2.05, 4.69) is 20.9 Å². The highest BCUT2D eigenvalue weighted by atomic mass is 35.5. The standard InChI is InChI=1S/C25H27ClFN5O2/c26-17-1-4-21(16(11-17)13-27)31-18-2-6-23(33)20(12-18)22-5-3-19(24(28)32-22)25(34)30-14-15-7-9-29-10-8-15/h1-6,11-12,15,29,31,33H,7-10,13-14H2,(H2,28,32)(H,30,34). The maximum absolute atomic E-state index is 13.4. The summed E-state index contributed by atoms with van der Waals surface area (Å²) in [6.45, 7) is 1.85. The summed E-state index contributed by atoms with van der Waals surface area (Å²) in [5, 5.41) is 20.3. The summed E-state index contributed by atoms with van der Waals surface area (Å²) in [6, 6.07) is 13.0. The van der Waals surface area contributed by atoms with Crippen LogP contribution in [0.25, 0.3) is 11.3 Å². The Balaban J connectivity index is 1.51. The van der Waals surface area contributed by atoms with Gasteiger partial charge >= 0.3 is 0 Å². The third-order valence-corrected chi connectivity index (χ3v) is 6.18. The number of aromatic nitrogens is 1. The Morgan fingerprint density at radius 1 is 1.18 bits per heavy atom. The van der Waals surface area contributed by atoms with E-state index in [0.717, 1.165) is 25.9 Å². The molecule has 0 spiro atoms. The normalized spacial score (nSPS) is 14.1. The number of hydrogen-bond acceptors (Lipinski definition) is 6. The van der Waals surface area contributed by atoms with E-state index >= 15 is 0 Å². The van der Waals surface area contributed by atoms with Crippen molar-refractivity contribution in [2.24, 2.45) is 5.92 Å². The molecule has 2 aromatic carbocycles. The molecule has 1 saturated heterocycles. The summed E-state index contributed by atoms with van der Waals surface area (Å²) < 4.78 is 13.4. The monoisotopic (exact) mass is 483 g/mol. The van der Waals surface area contributed by atoms with Gasteiger partial charge in [0, 0.05) is 34.1 Å². The van der Waals surface area contributed by atoms with Crippen LogP contribution in [0.1, 0.15) is 28.8 Å². The lowest BCUT2D eigenvalue weighted by atomic mass is 9.98. The SMILES string of the molecule is Nc1nc(-c2cc(Nc3ccc(Cl)cc3CF)ccc2O)ccc1C(=O)NCC1CCNCC1. The van der Waals surface area contributed by atoms with Crippen molar-refractivity contribution in [2.45, 2.75) is 19.5 Å². The predicted octanol–water partition coefficient (Wildman–Crippen LogP) is 4.63. The number of carbonyl (C=O) groups is 1. The highest BCUT2D eigenvalue weighted by Crippen LogP contribution is 2.33. The van der Waals surface area contributed by atoms with Crippen molar-refractivity contribution in [3.63, 3.8) is 0 Å².